The van der Waals surface area contributed by atoms with Crippen LogP contribution in [0.3, 0.4) is 0 Å². The van der Waals surface area contributed by atoms with Crippen LogP contribution in [-0.2, 0) is 6.54 Å². The van der Waals surface area contributed by atoms with Crippen LogP contribution in [0.4, 0.5) is 0 Å². The molecule has 0 aromatic carbocycles. The molecule has 22 heavy (non-hydrogen) atoms. The van der Waals surface area contributed by atoms with Crippen molar-refractivity contribution in [2.75, 3.05) is 46.3 Å². The monoisotopic (exact) mass is 307 g/mol. The van der Waals surface area contributed by atoms with Gasteiger partial charge in [0.05, 0.1) is 11.8 Å². The number of nitrogens with zero attached hydrogens (tertiary/aromatic N) is 4. The van der Waals surface area contributed by atoms with Gasteiger partial charge in [-0.3, -0.25) is 9.48 Å². The highest BCUT2D eigenvalue weighted by molar-refractivity contribution is 5.94. The number of aryl methyl sites for hydroxylation is 1. The third kappa shape index (κ3) is 4.55. The number of nitrogens with one attached hydrogen (secondary N) is 1. The zero-order chi connectivity index (χ0) is 15.9. The molecule has 1 aromatic rings. The van der Waals surface area contributed by atoms with Crippen molar-refractivity contribution >= 4 is 5.91 Å². The molecule has 124 valence electrons. The Morgan fingerprint density at radius 2 is 2.00 bits per heavy atom. The standard InChI is InChI=1S/C16H29N5O/c1-4-7-21-14(2)15(13-18-21)16(22)17-6-5-8-20-11-9-19(3)10-12-20/h13H,4-12H2,1-3H3,(H,17,22). The minimum Gasteiger partial charge on any atom is -0.352 e. The summed E-state index contributed by atoms with van der Waals surface area (Å²) in [6, 6.07) is 0. The average molecular weight is 307 g/mol. The Kier molecular flexibility index (Phi) is 6.39. The first kappa shape index (κ1) is 17.0. The summed E-state index contributed by atoms with van der Waals surface area (Å²) < 4.78 is 1.90. The minimum atomic E-state index is -0.00164. The smallest absolute Gasteiger partial charge is 0.254 e. The molecule has 1 saturated heterocycles. The van der Waals surface area contributed by atoms with Crippen LogP contribution in [0.25, 0.3) is 0 Å². The molecule has 1 N–H and O–H groups in total. The van der Waals surface area contributed by atoms with Gasteiger partial charge in [-0.25, -0.2) is 0 Å². The van der Waals surface area contributed by atoms with Crippen LogP contribution >= 0.6 is 0 Å². The number of hydrogen-bond donors (Lipinski definition) is 1. The van der Waals surface area contributed by atoms with E-state index in [-0.39, 0.29) is 5.91 Å². The van der Waals surface area contributed by atoms with Crippen molar-refractivity contribution in [3.05, 3.63) is 17.5 Å². The molecular formula is C16H29N5O. The van der Waals surface area contributed by atoms with E-state index in [2.05, 4.69) is 34.2 Å². The molecule has 0 unspecified atom stereocenters. The van der Waals surface area contributed by atoms with Gasteiger partial charge in [-0.2, -0.15) is 5.10 Å². The fourth-order valence-electron chi connectivity index (χ4n) is 2.78. The zero-order valence-corrected chi connectivity index (χ0v) is 14.1. The lowest BCUT2D eigenvalue weighted by molar-refractivity contribution is 0.0948. The van der Waals surface area contributed by atoms with Crippen LogP contribution < -0.4 is 5.32 Å². The zero-order valence-electron chi connectivity index (χ0n) is 14.1. The van der Waals surface area contributed by atoms with E-state index < -0.39 is 0 Å². The predicted molar refractivity (Wildman–Crippen MR) is 88.1 cm³/mol. The second-order valence-corrected chi connectivity index (χ2v) is 6.12. The SMILES string of the molecule is CCCn1ncc(C(=O)NCCCN2CCN(C)CC2)c1C. The molecule has 1 aromatic heterocycles. The van der Waals surface area contributed by atoms with Gasteiger partial charge in [0.2, 0.25) is 0 Å². The van der Waals surface area contributed by atoms with Crippen LogP contribution in [0, 0.1) is 6.92 Å². The molecule has 2 rings (SSSR count). The van der Waals surface area contributed by atoms with Gasteiger partial charge in [-0.1, -0.05) is 6.92 Å². The molecule has 0 bridgehead atoms. The van der Waals surface area contributed by atoms with Crippen molar-refractivity contribution in [3.63, 3.8) is 0 Å². The largest absolute Gasteiger partial charge is 0.352 e. The number of carbonyl (C=O) groups is 1. The van der Waals surface area contributed by atoms with Crippen molar-refractivity contribution < 1.29 is 4.79 Å². The third-order valence-electron chi connectivity index (χ3n) is 4.32. The second-order valence-electron chi connectivity index (χ2n) is 6.12. The highest BCUT2D eigenvalue weighted by Crippen LogP contribution is 2.07. The molecule has 1 amide bonds. The number of likely N-dealkylation sites (N-methyl/N-ethyl adjacent to an activating group) is 1. The molecule has 0 radical (unpaired) electrons. The molecule has 0 spiro atoms. The van der Waals surface area contributed by atoms with E-state index in [0.29, 0.717) is 5.56 Å². The fraction of sp³-hybridized carbons (Fsp3) is 0.750. The lowest BCUT2D eigenvalue weighted by Gasteiger charge is -2.32. The fourth-order valence-corrected chi connectivity index (χ4v) is 2.78. The molecular weight excluding hydrogens is 278 g/mol. The Balaban J connectivity index is 1.69. The lowest BCUT2D eigenvalue weighted by atomic mass is 10.2. The van der Waals surface area contributed by atoms with Crippen LogP contribution in [0.1, 0.15) is 35.8 Å². The Hall–Kier alpha value is -1.40. The lowest BCUT2D eigenvalue weighted by Crippen LogP contribution is -2.45. The quantitative estimate of drug-likeness (QED) is 0.763. The maximum atomic E-state index is 12.2. The van der Waals surface area contributed by atoms with Crippen molar-refractivity contribution in [2.24, 2.45) is 0 Å². The van der Waals surface area contributed by atoms with Gasteiger partial charge in [0.25, 0.3) is 5.91 Å². The molecule has 0 aliphatic carbocycles. The van der Waals surface area contributed by atoms with Crippen LogP contribution in [0.2, 0.25) is 0 Å². The van der Waals surface area contributed by atoms with E-state index in [1.54, 1.807) is 6.20 Å². The molecule has 0 saturated carbocycles. The normalized spacial score (nSPS) is 16.9. The first-order chi connectivity index (χ1) is 10.6. The summed E-state index contributed by atoms with van der Waals surface area (Å²) in [5.74, 6) is -0.00164. The Morgan fingerprint density at radius 3 is 2.68 bits per heavy atom. The molecule has 2 heterocycles. The molecule has 1 aliphatic heterocycles. The maximum Gasteiger partial charge on any atom is 0.254 e. The molecule has 0 atom stereocenters. The van der Waals surface area contributed by atoms with Gasteiger partial charge in [-0.15, -0.1) is 0 Å². The van der Waals surface area contributed by atoms with Crippen LogP contribution in [0.15, 0.2) is 6.20 Å². The highest BCUT2D eigenvalue weighted by atomic mass is 16.1. The summed E-state index contributed by atoms with van der Waals surface area (Å²) in [4.78, 5) is 17.0. The second kappa shape index (κ2) is 8.29. The Morgan fingerprint density at radius 1 is 1.27 bits per heavy atom. The first-order valence-electron chi connectivity index (χ1n) is 8.33. The summed E-state index contributed by atoms with van der Waals surface area (Å²) in [6.45, 7) is 11.3. The topological polar surface area (TPSA) is 53.4 Å². The summed E-state index contributed by atoms with van der Waals surface area (Å²) >= 11 is 0. The summed E-state index contributed by atoms with van der Waals surface area (Å²) in [7, 11) is 2.17. The summed E-state index contributed by atoms with van der Waals surface area (Å²) in [5.41, 5.74) is 1.66. The van der Waals surface area contributed by atoms with E-state index in [4.69, 9.17) is 0 Å². The van der Waals surface area contributed by atoms with Crippen molar-refractivity contribution in [3.8, 4) is 0 Å². The van der Waals surface area contributed by atoms with Crippen LogP contribution in [-0.4, -0.2) is 71.8 Å². The number of rotatable bonds is 7. The minimum absolute atomic E-state index is 0.00164. The number of amides is 1. The number of piperazine rings is 1. The van der Waals surface area contributed by atoms with Gasteiger partial charge < -0.3 is 15.1 Å². The van der Waals surface area contributed by atoms with Gasteiger partial charge in [0, 0.05) is 45.0 Å². The van der Waals surface area contributed by atoms with Crippen molar-refractivity contribution in [1.29, 1.82) is 0 Å². The van der Waals surface area contributed by atoms with Gasteiger partial charge in [0.1, 0.15) is 0 Å². The molecule has 1 fully saturated rings. The van der Waals surface area contributed by atoms with Crippen LogP contribution in [0.5, 0.6) is 0 Å². The Bertz CT molecular complexity index is 477. The number of aromatic nitrogens is 2. The highest BCUT2D eigenvalue weighted by Gasteiger charge is 2.15. The molecule has 6 nitrogen and oxygen atoms in total. The predicted octanol–water partition coefficient (Wildman–Crippen LogP) is 0.969. The average Bonchev–Trinajstić information content (AvgIpc) is 2.87. The molecule has 1 aliphatic rings. The third-order valence-corrected chi connectivity index (χ3v) is 4.32. The van der Waals surface area contributed by atoms with Gasteiger partial charge >= 0.3 is 0 Å². The summed E-state index contributed by atoms with van der Waals surface area (Å²) in [5, 5.41) is 7.29. The van der Waals surface area contributed by atoms with Crippen molar-refractivity contribution in [1.82, 2.24) is 24.9 Å². The maximum absolute atomic E-state index is 12.2. The van der Waals surface area contributed by atoms with Gasteiger partial charge in [-0.05, 0) is 33.4 Å². The van der Waals surface area contributed by atoms with E-state index in [9.17, 15) is 4.79 Å². The Labute approximate surface area is 133 Å². The molecule has 6 heteroatoms. The van der Waals surface area contributed by atoms with E-state index >= 15 is 0 Å². The summed E-state index contributed by atoms with van der Waals surface area (Å²) in [6.07, 6.45) is 3.70. The van der Waals surface area contributed by atoms with E-state index in [0.717, 1.165) is 64.3 Å². The number of hydrogen-bond acceptors (Lipinski definition) is 4. The first-order valence-corrected chi connectivity index (χ1v) is 8.33. The van der Waals surface area contributed by atoms with E-state index in [1.807, 2.05) is 11.6 Å². The van der Waals surface area contributed by atoms with Crippen molar-refractivity contribution in [2.45, 2.75) is 33.2 Å². The van der Waals surface area contributed by atoms with Gasteiger partial charge in [0.15, 0.2) is 0 Å². The number of carbonyl (C=O) groups excluding carboxylic acids is 1. The van der Waals surface area contributed by atoms with E-state index in [1.165, 1.54) is 0 Å².